The van der Waals surface area contributed by atoms with Gasteiger partial charge in [0.05, 0.1) is 11.1 Å². The molecule has 1 saturated heterocycles. The molecule has 5 nitrogen and oxygen atoms in total. The molecule has 1 aromatic rings. The van der Waals surface area contributed by atoms with Gasteiger partial charge in [-0.1, -0.05) is 0 Å². The molecule has 0 radical (unpaired) electrons. The Hall–Kier alpha value is -1.36. The van der Waals surface area contributed by atoms with E-state index in [-0.39, 0.29) is 16.7 Å². The van der Waals surface area contributed by atoms with E-state index in [4.69, 9.17) is 0 Å². The zero-order valence-electron chi connectivity index (χ0n) is 7.12. The van der Waals surface area contributed by atoms with E-state index >= 15 is 0 Å². The Morgan fingerprint density at radius 2 is 2.46 bits per heavy atom. The number of aromatic amines is 1. The molecule has 13 heavy (non-hydrogen) atoms. The van der Waals surface area contributed by atoms with Crippen molar-refractivity contribution in [1.82, 2.24) is 10.3 Å². The summed E-state index contributed by atoms with van der Waals surface area (Å²) in [6.07, 6.45) is 3.63. The first-order valence-electron chi connectivity index (χ1n) is 4.33. The Labute approximate surface area is 75.3 Å². The van der Waals surface area contributed by atoms with E-state index in [1.54, 1.807) is 6.07 Å². The summed E-state index contributed by atoms with van der Waals surface area (Å²) >= 11 is 0. The Morgan fingerprint density at radius 1 is 1.62 bits per heavy atom. The van der Waals surface area contributed by atoms with Gasteiger partial charge in [-0.2, -0.15) is 0 Å². The van der Waals surface area contributed by atoms with Crippen LogP contribution in [0.1, 0.15) is 24.6 Å². The van der Waals surface area contributed by atoms with Crippen molar-refractivity contribution in [2.75, 3.05) is 6.54 Å². The third-order valence-corrected chi connectivity index (χ3v) is 2.34. The first kappa shape index (κ1) is 8.25. The number of nitrogens with zero attached hydrogens (tertiary/aromatic N) is 1. The van der Waals surface area contributed by atoms with E-state index < -0.39 is 0 Å². The van der Waals surface area contributed by atoms with Crippen LogP contribution in [0.25, 0.3) is 0 Å². The van der Waals surface area contributed by atoms with Crippen molar-refractivity contribution in [3.8, 4) is 0 Å². The van der Waals surface area contributed by atoms with Crippen molar-refractivity contribution >= 4 is 5.69 Å². The molecule has 0 saturated carbocycles. The average Bonchev–Trinajstić information content (AvgIpc) is 2.75. The smallest absolute Gasteiger partial charge is 0.287 e. The number of nitrogens with one attached hydrogen (secondary N) is 2. The van der Waals surface area contributed by atoms with Crippen LogP contribution in [0.4, 0.5) is 5.69 Å². The third-order valence-electron chi connectivity index (χ3n) is 2.34. The molecule has 0 aromatic carbocycles. The zero-order valence-corrected chi connectivity index (χ0v) is 7.12. The zero-order chi connectivity index (χ0) is 9.26. The maximum Gasteiger partial charge on any atom is 0.287 e. The van der Waals surface area contributed by atoms with Gasteiger partial charge in [-0.15, -0.1) is 0 Å². The van der Waals surface area contributed by atoms with Gasteiger partial charge in [0.15, 0.2) is 0 Å². The number of nitro groups is 1. The topological polar surface area (TPSA) is 71.0 Å². The summed E-state index contributed by atoms with van der Waals surface area (Å²) in [6, 6.07) is 1.87. The Kier molecular flexibility index (Phi) is 2.02. The standard InChI is InChI=1S/C8H11N3O2/c12-11(13)6-4-8(10-5-6)7-2-1-3-9-7/h4-5,7,9-10H,1-3H2. The summed E-state index contributed by atoms with van der Waals surface area (Å²) in [5, 5.41) is 13.7. The van der Waals surface area contributed by atoms with E-state index in [1.807, 2.05) is 0 Å². The van der Waals surface area contributed by atoms with Gasteiger partial charge in [0.25, 0.3) is 5.69 Å². The summed E-state index contributed by atoms with van der Waals surface area (Å²) < 4.78 is 0. The van der Waals surface area contributed by atoms with Crippen molar-refractivity contribution in [2.24, 2.45) is 0 Å². The van der Waals surface area contributed by atoms with Crippen LogP contribution in [0.5, 0.6) is 0 Å². The number of H-pyrrole nitrogens is 1. The van der Waals surface area contributed by atoms with Gasteiger partial charge in [0, 0.05) is 17.8 Å². The second-order valence-corrected chi connectivity index (χ2v) is 3.22. The van der Waals surface area contributed by atoms with Crippen LogP contribution in [0.3, 0.4) is 0 Å². The van der Waals surface area contributed by atoms with Gasteiger partial charge < -0.3 is 10.3 Å². The van der Waals surface area contributed by atoms with E-state index in [0.717, 1.165) is 25.1 Å². The molecule has 0 spiro atoms. The predicted octanol–water partition coefficient (Wildman–Crippen LogP) is 1.35. The monoisotopic (exact) mass is 181 g/mol. The van der Waals surface area contributed by atoms with E-state index in [2.05, 4.69) is 10.3 Å². The minimum absolute atomic E-state index is 0.142. The molecule has 0 amide bonds. The maximum atomic E-state index is 10.4. The number of hydrogen-bond donors (Lipinski definition) is 2. The van der Waals surface area contributed by atoms with Gasteiger partial charge in [0.1, 0.15) is 0 Å². The van der Waals surface area contributed by atoms with Gasteiger partial charge in [-0.3, -0.25) is 10.1 Å². The normalized spacial score (nSPS) is 22.0. The van der Waals surface area contributed by atoms with Crippen molar-refractivity contribution < 1.29 is 4.92 Å². The van der Waals surface area contributed by atoms with Crippen molar-refractivity contribution in [1.29, 1.82) is 0 Å². The lowest BCUT2D eigenvalue weighted by molar-refractivity contribution is -0.384. The molecule has 1 fully saturated rings. The summed E-state index contributed by atoms with van der Waals surface area (Å²) in [5.74, 6) is 0. The lowest BCUT2D eigenvalue weighted by atomic mass is 10.2. The number of aromatic nitrogens is 1. The molecule has 1 aliphatic heterocycles. The largest absolute Gasteiger partial charge is 0.358 e. The highest BCUT2D eigenvalue weighted by molar-refractivity contribution is 5.31. The SMILES string of the molecule is O=[N+]([O-])c1c[nH]c(C2CCCN2)c1. The maximum absolute atomic E-state index is 10.4. The molecule has 0 bridgehead atoms. The summed E-state index contributed by atoms with van der Waals surface area (Å²) in [4.78, 5) is 12.9. The van der Waals surface area contributed by atoms with Crippen LogP contribution in [-0.4, -0.2) is 16.5 Å². The van der Waals surface area contributed by atoms with Gasteiger partial charge in [-0.05, 0) is 19.4 Å². The van der Waals surface area contributed by atoms with Crippen LogP contribution in [-0.2, 0) is 0 Å². The van der Waals surface area contributed by atoms with Crippen molar-refractivity contribution in [2.45, 2.75) is 18.9 Å². The number of rotatable bonds is 2. The molecular weight excluding hydrogens is 170 g/mol. The van der Waals surface area contributed by atoms with Crippen LogP contribution >= 0.6 is 0 Å². The van der Waals surface area contributed by atoms with Gasteiger partial charge >= 0.3 is 0 Å². The molecule has 0 aliphatic carbocycles. The quantitative estimate of drug-likeness (QED) is 0.534. The fourth-order valence-corrected chi connectivity index (χ4v) is 1.66. The second kappa shape index (κ2) is 3.18. The fraction of sp³-hybridized carbons (Fsp3) is 0.500. The Bertz CT molecular complexity index is 315. The van der Waals surface area contributed by atoms with Crippen LogP contribution < -0.4 is 5.32 Å². The van der Waals surface area contributed by atoms with E-state index in [1.165, 1.54) is 6.20 Å². The van der Waals surface area contributed by atoms with E-state index in [9.17, 15) is 10.1 Å². The van der Waals surface area contributed by atoms with Gasteiger partial charge in [-0.25, -0.2) is 0 Å². The molecule has 1 unspecified atom stereocenters. The summed E-state index contributed by atoms with van der Waals surface area (Å²) in [7, 11) is 0. The highest BCUT2D eigenvalue weighted by Gasteiger charge is 2.19. The van der Waals surface area contributed by atoms with Crippen LogP contribution in [0.2, 0.25) is 0 Å². The molecular formula is C8H11N3O2. The Balaban J connectivity index is 2.16. The molecule has 2 heterocycles. The summed E-state index contributed by atoms with van der Waals surface area (Å²) in [6.45, 7) is 0.998. The highest BCUT2D eigenvalue weighted by Crippen LogP contribution is 2.24. The first-order chi connectivity index (χ1) is 6.27. The van der Waals surface area contributed by atoms with Crippen LogP contribution in [0.15, 0.2) is 12.3 Å². The molecule has 70 valence electrons. The van der Waals surface area contributed by atoms with Crippen molar-refractivity contribution in [3.05, 3.63) is 28.1 Å². The number of hydrogen-bond acceptors (Lipinski definition) is 3. The van der Waals surface area contributed by atoms with Crippen LogP contribution in [0, 0.1) is 10.1 Å². The molecule has 5 heteroatoms. The average molecular weight is 181 g/mol. The third kappa shape index (κ3) is 1.55. The minimum Gasteiger partial charge on any atom is -0.358 e. The fourth-order valence-electron chi connectivity index (χ4n) is 1.66. The highest BCUT2D eigenvalue weighted by atomic mass is 16.6. The minimum atomic E-state index is -0.380. The molecule has 1 aromatic heterocycles. The Morgan fingerprint density at radius 3 is 3.00 bits per heavy atom. The molecule has 1 aliphatic rings. The lowest BCUT2D eigenvalue weighted by Gasteiger charge is -2.05. The molecule has 1 atom stereocenters. The van der Waals surface area contributed by atoms with E-state index in [0.29, 0.717) is 0 Å². The summed E-state index contributed by atoms with van der Waals surface area (Å²) in [5.41, 5.74) is 1.06. The lowest BCUT2D eigenvalue weighted by Crippen LogP contribution is -2.12. The second-order valence-electron chi connectivity index (χ2n) is 3.22. The first-order valence-corrected chi connectivity index (χ1v) is 4.33. The van der Waals surface area contributed by atoms with Gasteiger partial charge in [0.2, 0.25) is 0 Å². The molecule has 2 N–H and O–H groups in total. The van der Waals surface area contributed by atoms with Crippen molar-refractivity contribution in [3.63, 3.8) is 0 Å². The predicted molar refractivity (Wildman–Crippen MR) is 47.4 cm³/mol. The molecule has 2 rings (SSSR count).